The van der Waals surface area contributed by atoms with Gasteiger partial charge in [0.25, 0.3) is 0 Å². The van der Waals surface area contributed by atoms with Gasteiger partial charge >= 0.3 is 14.2 Å². The van der Waals surface area contributed by atoms with Crippen LogP contribution in [-0.4, -0.2) is 47.5 Å². The van der Waals surface area contributed by atoms with Crippen molar-refractivity contribution in [1.29, 1.82) is 0 Å². The van der Waals surface area contributed by atoms with Crippen molar-refractivity contribution in [1.82, 2.24) is 0 Å². The van der Waals surface area contributed by atoms with Crippen LogP contribution in [0.2, 0.25) is 0 Å². The SMILES string of the molecule is CCCCCCOc1ccc2cc(B(O)O)ccc2c1-c1c(OCCCCCC)ccc2cc(B(O)O)ccc12. The van der Waals surface area contributed by atoms with Gasteiger partial charge < -0.3 is 29.6 Å². The van der Waals surface area contributed by atoms with Crippen LogP contribution in [-0.2, 0) is 0 Å². The topological polar surface area (TPSA) is 99.4 Å². The molecule has 0 aliphatic rings. The van der Waals surface area contributed by atoms with Gasteiger partial charge in [0.1, 0.15) is 11.5 Å². The number of benzene rings is 4. The average Bonchev–Trinajstić information content (AvgIpc) is 2.96. The first-order chi connectivity index (χ1) is 19.4. The van der Waals surface area contributed by atoms with E-state index in [0.29, 0.717) is 24.1 Å². The van der Waals surface area contributed by atoms with Crippen LogP contribution in [0.4, 0.5) is 0 Å². The first-order valence-corrected chi connectivity index (χ1v) is 14.6. The zero-order valence-corrected chi connectivity index (χ0v) is 23.6. The zero-order chi connectivity index (χ0) is 28.5. The first kappa shape index (κ1) is 29.9. The standard InChI is InChI=1S/C32H40B2O6/c1-3-5-7-9-19-39-29-17-11-23-21-25(33(35)36)13-15-27(23)31(29)32-28-16-14-26(34(37)38)22-24(28)12-18-30(32)40-20-10-8-6-4-2/h11-18,21-22,35-38H,3-10,19-20H2,1-2H3. The number of hydrogen-bond acceptors (Lipinski definition) is 6. The van der Waals surface area contributed by atoms with Crippen LogP contribution in [0.5, 0.6) is 11.5 Å². The van der Waals surface area contributed by atoms with Crippen LogP contribution >= 0.6 is 0 Å². The van der Waals surface area contributed by atoms with E-state index < -0.39 is 14.2 Å². The van der Waals surface area contributed by atoms with Crippen LogP contribution in [0.1, 0.15) is 65.2 Å². The molecule has 40 heavy (non-hydrogen) atoms. The molecule has 0 amide bonds. The van der Waals surface area contributed by atoms with E-state index in [1.54, 1.807) is 24.3 Å². The highest BCUT2D eigenvalue weighted by atomic mass is 16.5. The summed E-state index contributed by atoms with van der Waals surface area (Å²) in [5, 5.41) is 42.7. The molecular weight excluding hydrogens is 502 g/mol. The Kier molecular flexibility index (Phi) is 10.9. The smallest absolute Gasteiger partial charge is 0.488 e. The normalized spacial score (nSPS) is 11.2. The zero-order valence-electron chi connectivity index (χ0n) is 23.6. The molecule has 0 bridgehead atoms. The Morgan fingerprint density at radius 3 is 1.32 bits per heavy atom. The van der Waals surface area contributed by atoms with E-state index in [1.165, 1.54) is 12.8 Å². The van der Waals surface area contributed by atoms with Crippen molar-refractivity contribution in [3.05, 3.63) is 60.7 Å². The largest absolute Gasteiger partial charge is 0.493 e. The molecule has 8 heteroatoms. The summed E-state index contributed by atoms with van der Waals surface area (Å²) in [6, 6.07) is 18.6. The van der Waals surface area contributed by atoms with Crippen molar-refractivity contribution < 1.29 is 29.6 Å². The minimum atomic E-state index is -1.56. The summed E-state index contributed by atoms with van der Waals surface area (Å²) >= 11 is 0. The van der Waals surface area contributed by atoms with Crippen molar-refractivity contribution in [3.8, 4) is 22.6 Å². The molecule has 0 fully saturated rings. The van der Waals surface area contributed by atoms with Crippen LogP contribution < -0.4 is 20.4 Å². The van der Waals surface area contributed by atoms with Crippen molar-refractivity contribution in [2.45, 2.75) is 65.2 Å². The number of ether oxygens (including phenoxy) is 2. The summed E-state index contributed by atoms with van der Waals surface area (Å²) in [6.45, 7) is 5.55. The number of rotatable bonds is 15. The van der Waals surface area contributed by atoms with Gasteiger partial charge in [0.15, 0.2) is 0 Å². The molecule has 0 aliphatic carbocycles. The van der Waals surface area contributed by atoms with Gasteiger partial charge in [0.05, 0.1) is 13.2 Å². The molecular formula is C32H40B2O6. The van der Waals surface area contributed by atoms with Crippen LogP contribution in [0.15, 0.2) is 60.7 Å². The summed E-state index contributed by atoms with van der Waals surface area (Å²) in [5.41, 5.74) is 2.58. The van der Waals surface area contributed by atoms with Gasteiger partial charge in [-0.15, -0.1) is 0 Å². The monoisotopic (exact) mass is 542 g/mol. The molecule has 6 nitrogen and oxygen atoms in total. The summed E-state index contributed by atoms with van der Waals surface area (Å²) in [4.78, 5) is 0. The molecule has 4 aromatic rings. The Bertz CT molecular complexity index is 1300. The van der Waals surface area contributed by atoms with E-state index in [0.717, 1.165) is 82.7 Å². The van der Waals surface area contributed by atoms with E-state index in [4.69, 9.17) is 9.47 Å². The van der Waals surface area contributed by atoms with Gasteiger partial charge in [-0.25, -0.2) is 0 Å². The Balaban J connectivity index is 1.89. The molecule has 0 spiro atoms. The molecule has 210 valence electrons. The van der Waals surface area contributed by atoms with E-state index >= 15 is 0 Å². The van der Waals surface area contributed by atoms with Crippen LogP contribution in [0.25, 0.3) is 32.7 Å². The maximum absolute atomic E-state index is 9.80. The van der Waals surface area contributed by atoms with Crippen molar-refractivity contribution >= 4 is 46.7 Å². The van der Waals surface area contributed by atoms with Crippen LogP contribution in [0.3, 0.4) is 0 Å². The maximum atomic E-state index is 9.80. The summed E-state index contributed by atoms with van der Waals surface area (Å²) in [5.74, 6) is 1.46. The minimum absolute atomic E-state index is 0.415. The van der Waals surface area contributed by atoms with E-state index in [1.807, 2.05) is 36.4 Å². The fourth-order valence-electron chi connectivity index (χ4n) is 5.16. The fraction of sp³-hybridized carbons (Fsp3) is 0.375. The molecule has 0 atom stereocenters. The highest BCUT2D eigenvalue weighted by Gasteiger charge is 2.22. The lowest BCUT2D eigenvalue weighted by molar-refractivity contribution is 0.302. The lowest BCUT2D eigenvalue weighted by Crippen LogP contribution is -2.29. The first-order valence-electron chi connectivity index (χ1n) is 14.6. The third kappa shape index (κ3) is 7.18. The molecule has 0 radical (unpaired) electrons. The summed E-state index contributed by atoms with van der Waals surface area (Å²) in [6.07, 6.45) is 8.74. The van der Waals surface area contributed by atoms with Gasteiger partial charge in [0, 0.05) is 11.1 Å². The average molecular weight is 542 g/mol. The number of fused-ring (bicyclic) bond motifs is 2. The van der Waals surface area contributed by atoms with Gasteiger partial charge in [-0.05, 0) is 57.4 Å². The Morgan fingerprint density at radius 1 is 0.525 bits per heavy atom. The molecule has 0 aromatic heterocycles. The lowest BCUT2D eigenvalue weighted by atomic mass is 9.78. The Morgan fingerprint density at radius 2 is 0.950 bits per heavy atom. The quantitative estimate of drug-likeness (QED) is 0.126. The third-order valence-corrected chi connectivity index (χ3v) is 7.37. The minimum Gasteiger partial charge on any atom is -0.493 e. The molecule has 0 heterocycles. The van der Waals surface area contributed by atoms with Crippen molar-refractivity contribution in [2.24, 2.45) is 0 Å². The fourth-order valence-corrected chi connectivity index (χ4v) is 5.16. The van der Waals surface area contributed by atoms with Gasteiger partial charge in [-0.2, -0.15) is 0 Å². The molecule has 4 aromatic carbocycles. The highest BCUT2D eigenvalue weighted by molar-refractivity contribution is 6.59. The number of unbranched alkanes of at least 4 members (excludes halogenated alkanes) is 6. The second kappa shape index (κ2) is 14.6. The predicted octanol–water partition coefficient (Wildman–Crippen LogP) is 4.94. The highest BCUT2D eigenvalue weighted by Crippen LogP contribution is 2.45. The molecule has 4 N–H and O–H groups in total. The van der Waals surface area contributed by atoms with Gasteiger partial charge in [-0.3, -0.25) is 0 Å². The molecule has 0 aliphatic heterocycles. The second-order valence-corrected chi connectivity index (χ2v) is 10.4. The van der Waals surface area contributed by atoms with E-state index in [9.17, 15) is 20.1 Å². The summed E-state index contributed by atoms with van der Waals surface area (Å²) < 4.78 is 12.8. The third-order valence-electron chi connectivity index (χ3n) is 7.37. The lowest BCUT2D eigenvalue weighted by Gasteiger charge is -2.20. The molecule has 0 saturated heterocycles. The molecule has 0 saturated carbocycles. The molecule has 4 rings (SSSR count). The summed E-state index contributed by atoms with van der Waals surface area (Å²) in [7, 11) is -3.13. The van der Waals surface area contributed by atoms with E-state index in [-0.39, 0.29) is 0 Å². The number of hydrogen-bond donors (Lipinski definition) is 4. The van der Waals surface area contributed by atoms with Crippen molar-refractivity contribution in [3.63, 3.8) is 0 Å². The Hall–Kier alpha value is -3.03. The maximum Gasteiger partial charge on any atom is 0.488 e. The predicted molar refractivity (Wildman–Crippen MR) is 166 cm³/mol. The van der Waals surface area contributed by atoms with Crippen LogP contribution in [0, 0.1) is 0 Å². The molecule has 0 unspecified atom stereocenters. The van der Waals surface area contributed by atoms with Gasteiger partial charge in [-0.1, -0.05) is 101 Å². The van der Waals surface area contributed by atoms with E-state index in [2.05, 4.69) is 13.8 Å². The van der Waals surface area contributed by atoms with Gasteiger partial charge in [0.2, 0.25) is 0 Å². The second-order valence-electron chi connectivity index (χ2n) is 10.4. The Labute approximate surface area is 237 Å². The van der Waals surface area contributed by atoms with Crippen molar-refractivity contribution in [2.75, 3.05) is 13.2 Å².